The van der Waals surface area contributed by atoms with Gasteiger partial charge in [0.1, 0.15) is 5.75 Å². The van der Waals surface area contributed by atoms with Gasteiger partial charge in [0, 0.05) is 29.6 Å². The number of benzene rings is 2. The zero-order chi connectivity index (χ0) is 17.8. The zero-order valence-electron chi connectivity index (χ0n) is 13.5. The number of hydrogen-bond donors (Lipinski definition) is 0. The smallest absolute Gasteiger partial charge is 0.271 e. The zero-order valence-corrected chi connectivity index (χ0v) is 15.1. The van der Waals surface area contributed by atoms with E-state index in [1.54, 1.807) is 11.0 Å². The highest BCUT2D eigenvalue weighted by molar-refractivity contribution is 9.10. The molecule has 3 rings (SSSR count). The molecule has 1 aliphatic rings. The van der Waals surface area contributed by atoms with Crippen LogP contribution in [0.15, 0.2) is 46.9 Å². The summed E-state index contributed by atoms with van der Waals surface area (Å²) in [7, 11) is 0. The van der Waals surface area contributed by atoms with Crippen molar-refractivity contribution in [1.82, 2.24) is 0 Å². The van der Waals surface area contributed by atoms with Gasteiger partial charge in [-0.1, -0.05) is 28.1 Å². The van der Waals surface area contributed by atoms with Crippen LogP contribution in [-0.4, -0.2) is 24.0 Å². The number of rotatable bonds is 6. The van der Waals surface area contributed by atoms with Crippen LogP contribution in [0.4, 0.5) is 11.4 Å². The first-order chi connectivity index (χ1) is 12.0. The minimum absolute atomic E-state index is 0.0106. The number of anilines is 1. The SMILES string of the molecule is O=C(CCCOc1cccc(Br)c1)N1CCc2ccc([N+](=O)[O-])cc21. The van der Waals surface area contributed by atoms with E-state index < -0.39 is 4.92 Å². The third kappa shape index (κ3) is 4.17. The monoisotopic (exact) mass is 404 g/mol. The summed E-state index contributed by atoms with van der Waals surface area (Å²) in [6.45, 7) is 1.01. The fourth-order valence-electron chi connectivity index (χ4n) is 2.85. The Balaban J connectivity index is 1.55. The maximum atomic E-state index is 12.4. The predicted molar refractivity (Wildman–Crippen MR) is 98.0 cm³/mol. The standard InChI is InChI=1S/C18H17BrN2O4/c19-14-3-1-4-16(11-14)25-10-2-5-18(22)20-9-8-13-6-7-15(21(23)24)12-17(13)20/h1,3-4,6-7,11-12H,2,5,8-10H2. The molecule has 0 radical (unpaired) electrons. The number of fused-ring (bicyclic) bond motifs is 1. The molecule has 130 valence electrons. The van der Waals surface area contributed by atoms with E-state index in [1.807, 2.05) is 24.3 Å². The van der Waals surface area contributed by atoms with Crippen molar-refractivity contribution in [3.05, 3.63) is 62.6 Å². The van der Waals surface area contributed by atoms with Crippen molar-refractivity contribution in [2.75, 3.05) is 18.1 Å². The third-order valence-electron chi connectivity index (χ3n) is 4.08. The van der Waals surface area contributed by atoms with Gasteiger partial charge in [0.2, 0.25) is 5.91 Å². The van der Waals surface area contributed by atoms with Crippen molar-refractivity contribution in [3.8, 4) is 5.75 Å². The van der Waals surface area contributed by atoms with Gasteiger partial charge in [-0.2, -0.15) is 0 Å². The predicted octanol–water partition coefficient (Wildman–Crippen LogP) is 4.11. The number of nitrogens with zero attached hydrogens (tertiary/aromatic N) is 2. The molecule has 1 aliphatic heterocycles. The van der Waals surface area contributed by atoms with Gasteiger partial charge in [-0.3, -0.25) is 14.9 Å². The molecule has 1 heterocycles. The Morgan fingerprint density at radius 2 is 2.12 bits per heavy atom. The van der Waals surface area contributed by atoms with Crippen LogP contribution in [-0.2, 0) is 11.2 Å². The first-order valence-corrected chi connectivity index (χ1v) is 8.80. The second-order valence-electron chi connectivity index (χ2n) is 5.77. The van der Waals surface area contributed by atoms with Crippen molar-refractivity contribution >= 4 is 33.2 Å². The molecule has 1 amide bonds. The van der Waals surface area contributed by atoms with E-state index in [9.17, 15) is 14.9 Å². The molecule has 0 saturated heterocycles. The highest BCUT2D eigenvalue weighted by atomic mass is 79.9. The molecule has 0 N–H and O–H groups in total. The Labute approximate surface area is 153 Å². The van der Waals surface area contributed by atoms with E-state index in [0.717, 1.165) is 22.2 Å². The fraction of sp³-hybridized carbons (Fsp3) is 0.278. The lowest BCUT2D eigenvalue weighted by Gasteiger charge is -2.17. The number of carbonyl (C=O) groups excluding carboxylic acids is 1. The van der Waals surface area contributed by atoms with E-state index in [-0.39, 0.29) is 11.6 Å². The molecule has 0 aromatic heterocycles. The van der Waals surface area contributed by atoms with Crippen LogP contribution in [0.1, 0.15) is 18.4 Å². The Morgan fingerprint density at radius 1 is 1.28 bits per heavy atom. The normalized spacial score (nSPS) is 12.8. The lowest BCUT2D eigenvalue weighted by Crippen LogP contribution is -2.29. The molecule has 0 atom stereocenters. The minimum Gasteiger partial charge on any atom is -0.494 e. The number of non-ortho nitro benzene ring substituents is 1. The minimum atomic E-state index is -0.437. The maximum absolute atomic E-state index is 12.4. The van der Waals surface area contributed by atoms with Gasteiger partial charge in [0.25, 0.3) is 5.69 Å². The summed E-state index contributed by atoms with van der Waals surface area (Å²) < 4.78 is 6.57. The molecule has 0 saturated carbocycles. The number of halogens is 1. The van der Waals surface area contributed by atoms with Crippen LogP contribution in [0, 0.1) is 10.1 Å². The summed E-state index contributed by atoms with van der Waals surface area (Å²) in [4.78, 5) is 24.6. The highest BCUT2D eigenvalue weighted by Gasteiger charge is 2.26. The molecule has 2 aromatic rings. The van der Waals surface area contributed by atoms with E-state index in [1.165, 1.54) is 12.1 Å². The molecule has 6 nitrogen and oxygen atoms in total. The Bertz CT molecular complexity index is 809. The summed E-state index contributed by atoms with van der Waals surface area (Å²) >= 11 is 3.38. The summed E-state index contributed by atoms with van der Waals surface area (Å²) in [5.74, 6) is 0.723. The Kier molecular flexibility index (Phi) is 5.33. The third-order valence-corrected chi connectivity index (χ3v) is 4.57. The van der Waals surface area contributed by atoms with Gasteiger partial charge in [0.05, 0.1) is 17.2 Å². The van der Waals surface area contributed by atoms with Crippen LogP contribution in [0.2, 0.25) is 0 Å². The second kappa shape index (κ2) is 7.65. The molecule has 2 aromatic carbocycles. The van der Waals surface area contributed by atoms with Gasteiger partial charge >= 0.3 is 0 Å². The number of nitro benzene ring substituents is 1. The molecule has 0 spiro atoms. The van der Waals surface area contributed by atoms with Crippen molar-refractivity contribution < 1.29 is 14.5 Å². The summed E-state index contributed by atoms with van der Waals surface area (Å²) in [5.41, 5.74) is 1.65. The lowest BCUT2D eigenvalue weighted by atomic mass is 10.1. The first-order valence-electron chi connectivity index (χ1n) is 8.00. The molecular weight excluding hydrogens is 388 g/mol. The summed E-state index contributed by atoms with van der Waals surface area (Å²) in [6.07, 6.45) is 1.66. The highest BCUT2D eigenvalue weighted by Crippen LogP contribution is 2.32. The van der Waals surface area contributed by atoms with Crippen LogP contribution in [0.5, 0.6) is 5.75 Å². The number of nitro groups is 1. The van der Waals surface area contributed by atoms with Crippen LogP contribution in [0.25, 0.3) is 0 Å². The van der Waals surface area contributed by atoms with E-state index in [4.69, 9.17) is 4.74 Å². The number of ether oxygens (including phenoxy) is 1. The Morgan fingerprint density at radius 3 is 2.88 bits per heavy atom. The topological polar surface area (TPSA) is 72.7 Å². The second-order valence-corrected chi connectivity index (χ2v) is 6.69. The van der Waals surface area contributed by atoms with E-state index >= 15 is 0 Å². The van der Waals surface area contributed by atoms with Gasteiger partial charge in [-0.15, -0.1) is 0 Å². The van der Waals surface area contributed by atoms with Gasteiger partial charge in [-0.05, 0) is 36.6 Å². The van der Waals surface area contributed by atoms with Crippen LogP contribution in [0.3, 0.4) is 0 Å². The average Bonchev–Trinajstić information content (AvgIpc) is 3.01. The Hall–Kier alpha value is -2.41. The largest absolute Gasteiger partial charge is 0.494 e. The number of hydrogen-bond acceptors (Lipinski definition) is 4. The quantitative estimate of drug-likeness (QED) is 0.412. The molecule has 7 heteroatoms. The van der Waals surface area contributed by atoms with Crippen molar-refractivity contribution in [2.45, 2.75) is 19.3 Å². The van der Waals surface area contributed by atoms with E-state index in [2.05, 4.69) is 15.9 Å². The van der Waals surface area contributed by atoms with Gasteiger partial charge in [-0.25, -0.2) is 0 Å². The van der Waals surface area contributed by atoms with Crippen LogP contribution >= 0.6 is 15.9 Å². The van der Waals surface area contributed by atoms with Crippen LogP contribution < -0.4 is 9.64 Å². The van der Waals surface area contributed by atoms with Crippen molar-refractivity contribution in [2.24, 2.45) is 0 Å². The molecule has 0 bridgehead atoms. The maximum Gasteiger partial charge on any atom is 0.271 e. The fourth-order valence-corrected chi connectivity index (χ4v) is 3.22. The van der Waals surface area contributed by atoms with Crippen molar-refractivity contribution in [3.63, 3.8) is 0 Å². The van der Waals surface area contributed by atoms with Crippen molar-refractivity contribution in [1.29, 1.82) is 0 Å². The summed E-state index contributed by atoms with van der Waals surface area (Å²) in [5, 5.41) is 10.9. The van der Waals surface area contributed by atoms with Gasteiger partial charge in [0.15, 0.2) is 0 Å². The van der Waals surface area contributed by atoms with E-state index in [0.29, 0.717) is 31.7 Å². The lowest BCUT2D eigenvalue weighted by molar-refractivity contribution is -0.384. The molecule has 25 heavy (non-hydrogen) atoms. The molecule has 0 unspecified atom stereocenters. The average molecular weight is 405 g/mol. The molecular formula is C18H17BrN2O4. The number of carbonyl (C=O) groups is 1. The van der Waals surface area contributed by atoms with Gasteiger partial charge < -0.3 is 9.64 Å². The first kappa shape index (κ1) is 17.4. The summed E-state index contributed by atoms with van der Waals surface area (Å²) in [6, 6.07) is 12.2. The number of amides is 1. The molecule has 0 aliphatic carbocycles. The molecule has 0 fully saturated rings.